The number of amides is 1. The van der Waals surface area contributed by atoms with Crippen molar-refractivity contribution in [2.75, 3.05) is 6.54 Å². The predicted molar refractivity (Wildman–Crippen MR) is 54.0 cm³/mol. The summed E-state index contributed by atoms with van der Waals surface area (Å²) < 4.78 is 0. The van der Waals surface area contributed by atoms with Crippen LogP contribution in [0, 0.1) is 0 Å². The summed E-state index contributed by atoms with van der Waals surface area (Å²) in [7, 11) is 0. The van der Waals surface area contributed by atoms with Gasteiger partial charge in [-0.25, -0.2) is 5.84 Å². The number of hydrogen-bond acceptors (Lipinski definition) is 2. The Morgan fingerprint density at radius 1 is 1.50 bits per heavy atom. The van der Waals surface area contributed by atoms with Crippen molar-refractivity contribution < 1.29 is 10.1 Å². The van der Waals surface area contributed by atoms with Crippen molar-refractivity contribution in [3.05, 3.63) is 35.9 Å². The lowest BCUT2D eigenvalue weighted by atomic mass is 10.1. The first-order chi connectivity index (χ1) is 6.74. The maximum Gasteiger partial charge on any atom is 0.288 e. The molecule has 0 heterocycles. The predicted octanol–water partition coefficient (Wildman–Crippen LogP) is -0.699. The molecule has 0 saturated carbocycles. The van der Waals surface area contributed by atoms with Crippen LogP contribution in [0.3, 0.4) is 0 Å². The number of nitrogens with one attached hydrogen (secondary N) is 1. The Morgan fingerprint density at radius 3 is 2.71 bits per heavy atom. The quantitative estimate of drug-likeness (QED) is 0.337. The summed E-state index contributed by atoms with van der Waals surface area (Å²) in [5, 5.41) is 1.94. The van der Waals surface area contributed by atoms with E-state index in [-0.39, 0.29) is 11.9 Å². The molecule has 4 nitrogen and oxygen atoms in total. The lowest BCUT2D eigenvalue weighted by molar-refractivity contribution is -0.682. The zero-order chi connectivity index (χ0) is 10.4. The Balaban J connectivity index is 2.43. The van der Waals surface area contributed by atoms with Gasteiger partial charge in [0.15, 0.2) is 6.54 Å². The van der Waals surface area contributed by atoms with Gasteiger partial charge in [-0.15, -0.1) is 0 Å². The van der Waals surface area contributed by atoms with Gasteiger partial charge in [0, 0.05) is 5.56 Å². The summed E-state index contributed by atoms with van der Waals surface area (Å²) in [6.07, 6.45) is 0. The number of carbonyl (C=O) groups excluding carboxylic acids is 1. The molecule has 0 aromatic heterocycles. The molecule has 0 radical (unpaired) electrons. The zero-order valence-electron chi connectivity index (χ0n) is 8.23. The molecule has 0 spiro atoms. The van der Waals surface area contributed by atoms with Gasteiger partial charge in [0.05, 0.1) is 0 Å². The lowest BCUT2D eigenvalue weighted by Crippen LogP contribution is -2.87. The van der Waals surface area contributed by atoms with Crippen LogP contribution in [0.25, 0.3) is 0 Å². The van der Waals surface area contributed by atoms with Crippen molar-refractivity contribution in [2.45, 2.75) is 13.0 Å². The minimum atomic E-state index is -0.159. The van der Waals surface area contributed by atoms with Gasteiger partial charge in [-0.2, -0.15) is 0 Å². The average molecular weight is 194 g/mol. The Labute approximate surface area is 83.5 Å². The minimum absolute atomic E-state index is 0.159. The number of quaternary nitrogens is 1. The Hall–Kier alpha value is -1.39. The molecule has 76 valence electrons. The molecule has 1 atom stereocenters. The number of rotatable bonds is 4. The van der Waals surface area contributed by atoms with Crippen LogP contribution in [-0.2, 0) is 4.79 Å². The summed E-state index contributed by atoms with van der Waals surface area (Å²) in [4.78, 5) is 10.9. The maximum atomic E-state index is 10.9. The fourth-order valence-corrected chi connectivity index (χ4v) is 1.24. The van der Waals surface area contributed by atoms with Crippen LogP contribution in [0.15, 0.2) is 30.3 Å². The van der Waals surface area contributed by atoms with Crippen molar-refractivity contribution in [3.63, 3.8) is 0 Å². The van der Waals surface area contributed by atoms with Gasteiger partial charge in [-0.1, -0.05) is 30.3 Å². The maximum absolute atomic E-state index is 10.9. The monoisotopic (exact) mass is 194 g/mol. The molecule has 0 bridgehead atoms. The van der Waals surface area contributed by atoms with Crippen LogP contribution >= 0.6 is 0 Å². The van der Waals surface area contributed by atoms with Crippen molar-refractivity contribution >= 4 is 5.91 Å². The van der Waals surface area contributed by atoms with Crippen LogP contribution in [0.4, 0.5) is 0 Å². The second-order valence-corrected chi connectivity index (χ2v) is 3.21. The highest BCUT2D eigenvalue weighted by Gasteiger charge is 2.09. The standard InChI is InChI=1S/C10H15N3O/c1-8(12-7-10(14)13-11)9-5-3-2-4-6-9/h2-6,8,12H,7,11H2,1H3,(H,13,14)/p+1/t8-/m1/s1. The van der Waals surface area contributed by atoms with Crippen LogP contribution < -0.4 is 16.6 Å². The molecular formula is C10H16N3O+. The molecule has 0 aliphatic heterocycles. The van der Waals surface area contributed by atoms with E-state index in [9.17, 15) is 4.79 Å². The lowest BCUT2D eigenvalue weighted by Gasteiger charge is -2.09. The van der Waals surface area contributed by atoms with Crippen LogP contribution in [0.2, 0.25) is 0 Å². The van der Waals surface area contributed by atoms with Crippen molar-refractivity contribution in [1.29, 1.82) is 0 Å². The highest BCUT2D eigenvalue weighted by molar-refractivity contribution is 5.75. The third-order valence-corrected chi connectivity index (χ3v) is 2.14. The van der Waals surface area contributed by atoms with Gasteiger partial charge in [0.1, 0.15) is 6.04 Å². The zero-order valence-corrected chi connectivity index (χ0v) is 8.23. The van der Waals surface area contributed by atoms with Gasteiger partial charge in [0.2, 0.25) is 0 Å². The van der Waals surface area contributed by atoms with E-state index in [1.807, 2.05) is 35.6 Å². The summed E-state index contributed by atoms with van der Waals surface area (Å²) >= 11 is 0. The van der Waals surface area contributed by atoms with Gasteiger partial charge in [0.25, 0.3) is 5.91 Å². The van der Waals surface area contributed by atoms with Crippen molar-refractivity contribution in [1.82, 2.24) is 5.43 Å². The molecule has 14 heavy (non-hydrogen) atoms. The molecule has 4 heteroatoms. The molecule has 0 aliphatic carbocycles. The van der Waals surface area contributed by atoms with E-state index in [1.54, 1.807) is 0 Å². The van der Waals surface area contributed by atoms with Gasteiger partial charge >= 0.3 is 0 Å². The molecule has 0 fully saturated rings. The molecule has 1 amide bonds. The molecule has 0 unspecified atom stereocenters. The van der Waals surface area contributed by atoms with Crippen LogP contribution in [0.1, 0.15) is 18.5 Å². The number of nitrogens with two attached hydrogens (primary N) is 2. The van der Waals surface area contributed by atoms with E-state index in [0.29, 0.717) is 6.54 Å². The number of carbonyl (C=O) groups is 1. The summed E-state index contributed by atoms with van der Waals surface area (Å²) in [6, 6.07) is 10.3. The van der Waals surface area contributed by atoms with E-state index in [1.165, 1.54) is 5.56 Å². The van der Waals surface area contributed by atoms with Crippen LogP contribution in [-0.4, -0.2) is 12.5 Å². The first-order valence-corrected chi connectivity index (χ1v) is 4.61. The van der Waals surface area contributed by atoms with E-state index >= 15 is 0 Å². The Kier molecular flexibility index (Phi) is 4.10. The molecule has 1 aromatic rings. The molecule has 1 aromatic carbocycles. The highest BCUT2D eigenvalue weighted by atomic mass is 16.2. The summed E-state index contributed by atoms with van der Waals surface area (Å²) in [5.41, 5.74) is 3.31. The molecule has 5 N–H and O–H groups in total. The van der Waals surface area contributed by atoms with Gasteiger partial charge in [-0.05, 0) is 6.92 Å². The smallest absolute Gasteiger partial charge is 0.288 e. The molecule has 0 saturated heterocycles. The first kappa shape index (κ1) is 10.7. The van der Waals surface area contributed by atoms with Crippen molar-refractivity contribution in [3.8, 4) is 0 Å². The van der Waals surface area contributed by atoms with E-state index < -0.39 is 0 Å². The fraction of sp³-hybridized carbons (Fsp3) is 0.300. The van der Waals surface area contributed by atoms with E-state index in [2.05, 4.69) is 12.3 Å². The van der Waals surface area contributed by atoms with Crippen molar-refractivity contribution in [2.24, 2.45) is 5.84 Å². The van der Waals surface area contributed by atoms with E-state index in [4.69, 9.17) is 5.84 Å². The third kappa shape index (κ3) is 3.16. The first-order valence-electron chi connectivity index (χ1n) is 4.61. The van der Waals surface area contributed by atoms with E-state index in [0.717, 1.165) is 0 Å². The van der Waals surface area contributed by atoms with Crippen LogP contribution in [0.5, 0.6) is 0 Å². The second kappa shape index (κ2) is 5.36. The third-order valence-electron chi connectivity index (χ3n) is 2.14. The average Bonchev–Trinajstić information content (AvgIpc) is 2.26. The minimum Gasteiger partial charge on any atom is -0.332 e. The number of hydrazine groups is 1. The molecule has 1 rings (SSSR count). The summed E-state index contributed by atoms with van der Waals surface area (Å²) in [6.45, 7) is 2.41. The Bertz CT molecular complexity index is 287. The topological polar surface area (TPSA) is 71.7 Å². The SMILES string of the molecule is C[C@@H]([NH2+]CC(=O)NN)c1ccccc1. The number of benzene rings is 1. The fourth-order valence-electron chi connectivity index (χ4n) is 1.24. The number of hydrogen-bond donors (Lipinski definition) is 3. The highest BCUT2D eigenvalue weighted by Crippen LogP contribution is 2.05. The molecule has 0 aliphatic rings. The normalized spacial score (nSPS) is 12.1. The largest absolute Gasteiger partial charge is 0.332 e. The van der Waals surface area contributed by atoms with Gasteiger partial charge < -0.3 is 5.32 Å². The Morgan fingerprint density at radius 2 is 2.14 bits per heavy atom. The second-order valence-electron chi connectivity index (χ2n) is 3.21. The van der Waals surface area contributed by atoms with Gasteiger partial charge in [-0.3, -0.25) is 10.2 Å². The summed E-state index contributed by atoms with van der Waals surface area (Å²) in [5.74, 6) is 4.82. The molecular weight excluding hydrogens is 178 g/mol.